The molecule has 0 spiro atoms. The first-order valence-corrected chi connectivity index (χ1v) is 5.88. The molecule has 104 valence electrons. The number of phenols is 1. The molecule has 1 aliphatic heterocycles. The quantitative estimate of drug-likeness (QED) is 0.836. The number of benzene rings is 1. The number of primary amides is 1. The van der Waals surface area contributed by atoms with E-state index in [9.17, 15) is 14.3 Å². The zero-order chi connectivity index (χ0) is 14.4. The monoisotopic (exact) mass is 268 g/mol. The molecule has 1 aromatic carbocycles. The Morgan fingerprint density at radius 3 is 2.58 bits per heavy atom. The topological polar surface area (TPSA) is 75.8 Å². The minimum atomic E-state index is -1.24. The fourth-order valence-electron chi connectivity index (χ4n) is 2.35. The summed E-state index contributed by atoms with van der Waals surface area (Å²) in [6.07, 6.45) is 0. The van der Waals surface area contributed by atoms with Crippen molar-refractivity contribution < 1.29 is 19.0 Å². The maximum Gasteiger partial charge on any atom is 0.245 e. The molecule has 0 aliphatic carbocycles. The summed E-state index contributed by atoms with van der Waals surface area (Å²) in [6.45, 7) is 3.64. The molecule has 1 aliphatic rings. The fourth-order valence-corrected chi connectivity index (χ4v) is 2.35. The SMILES string of the molecule is CN1C(C)(C)OCC1(C(N)=O)c1ccc(O)c(F)c1. The Hall–Kier alpha value is -1.66. The van der Waals surface area contributed by atoms with E-state index < -0.39 is 28.7 Å². The normalized spacial score (nSPS) is 26.5. The Kier molecular flexibility index (Phi) is 3.03. The molecule has 6 heteroatoms. The lowest BCUT2D eigenvalue weighted by Gasteiger charge is -2.37. The molecule has 2 rings (SSSR count). The maximum atomic E-state index is 13.5. The van der Waals surface area contributed by atoms with Gasteiger partial charge < -0.3 is 15.6 Å². The number of carbonyl (C=O) groups excluding carboxylic acids is 1. The van der Waals surface area contributed by atoms with Gasteiger partial charge in [-0.25, -0.2) is 4.39 Å². The smallest absolute Gasteiger partial charge is 0.245 e. The Labute approximate surface area is 110 Å². The zero-order valence-electron chi connectivity index (χ0n) is 11.1. The molecule has 1 amide bonds. The van der Waals surface area contributed by atoms with Gasteiger partial charge >= 0.3 is 0 Å². The van der Waals surface area contributed by atoms with Gasteiger partial charge in [-0.15, -0.1) is 0 Å². The minimum absolute atomic E-state index is 0.0377. The molecule has 1 aromatic rings. The van der Waals surface area contributed by atoms with E-state index in [-0.39, 0.29) is 6.61 Å². The molecular weight excluding hydrogens is 251 g/mol. The number of rotatable bonds is 2. The standard InChI is InChI=1S/C13H17FN2O3/c1-12(2)16(3)13(7-19-12,11(15)18)8-4-5-10(17)9(14)6-8/h4-6,17H,7H2,1-3H3,(H2,15,18). The van der Waals surface area contributed by atoms with Crippen LogP contribution in [0.1, 0.15) is 19.4 Å². The van der Waals surface area contributed by atoms with E-state index in [2.05, 4.69) is 0 Å². The number of ether oxygens (including phenoxy) is 1. The van der Waals surface area contributed by atoms with E-state index in [0.29, 0.717) is 5.56 Å². The second-order valence-corrected chi connectivity index (χ2v) is 5.19. The van der Waals surface area contributed by atoms with Gasteiger partial charge in [-0.05, 0) is 38.6 Å². The van der Waals surface area contributed by atoms with Crippen LogP contribution in [0.5, 0.6) is 5.75 Å². The van der Waals surface area contributed by atoms with E-state index >= 15 is 0 Å². The van der Waals surface area contributed by atoms with Gasteiger partial charge in [0.15, 0.2) is 17.1 Å². The van der Waals surface area contributed by atoms with Crippen LogP contribution < -0.4 is 5.73 Å². The van der Waals surface area contributed by atoms with Crippen molar-refractivity contribution in [3.63, 3.8) is 0 Å². The Morgan fingerprint density at radius 2 is 2.16 bits per heavy atom. The van der Waals surface area contributed by atoms with Gasteiger partial charge in [-0.3, -0.25) is 9.69 Å². The third-order valence-corrected chi connectivity index (χ3v) is 3.85. The molecule has 3 N–H and O–H groups in total. The van der Waals surface area contributed by atoms with Crippen molar-refractivity contribution in [2.75, 3.05) is 13.7 Å². The largest absolute Gasteiger partial charge is 0.505 e. The van der Waals surface area contributed by atoms with Crippen LogP contribution in [0.15, 0.2) is 18.2 Å². The first-order valence-electron chi connectivity index (χ1n) is 5.88. The predicted octanol–water partition coefficient (Wildman–Crippen LogP) is 0.910. The van der Waals surface area contributed by atoms with Crippen LogP contribution in [0.25, 0.3) is 0 Å². The summed E-state index contributed by atoms with van der Waals surface area (Å²) in [5.74, 6) is -1.88. The van der Waals surface area contributed by atoms with Crippen molar-refractivity contribution in [2.24, 2.45) is 5.73 Å². The molecule has 5 nitrogen and oxygen atoms in total. The van der Waals surface area contributed by atoms with Crippen molar-refractivity contribution in [1.29, 1.82) is 0 Å². The van der Waals surface area contributed by atoms with Crippen molar-refractivity contribution in [3.8, 4) is 5.75 Å². The number of nitrogens with two attached hydrogens (primary N) is 1. The van der Waals surface area contributed by atoms with Crippen molar-refractivity contribution in [2.45, 2.75) is 25.1 Å². The number of hydrogen-bond acceptors (Lipinski definition) is 4. The van der Waals surface area contributed by atoms with Crippen LogP contribution in [0.3, 0.4) is 0 Å². The second-order valence-electron chi connectivity index (χ2n) is 5.19. The fraction of sp³-hybridized carbons (Fsp3) is 0.462. The summed E-state index contributed by atoms with van der Waals surface area (Å²) >= 11 is 0. The van der Waals surface area contributed by atoms with Gasteiger partial charge in [-0.1, -0.05) is 6.07 Å². The third-order valence-electron chi connectivity index (χ3n) is 3.85. The lowest BCUT2D eigenvalue weighted by atomic mass is 9.88. The molecule has 0 radical (unpaired) electrons. The van der Waals surface area contributed by atoms with E-state index in [1.807, 2.05) is 0 Å². The van der Waals surface area contributed by atoms with Crippen LogP contribution in [0.2, 0.25) is 0 Å². The Bertz CT molecular complexity index is 533. The number of carbonyl (C=O) groups is 1. The Morgan fingerprint density at radius 1 is 1.53 bits per heavy atom. The number of nitrogens with zero attached hydrogens (tertiary/aromatic N) is 1. The molecule has 1 heterocycles. The minimum Gasteiger partial charge on any atom is -0.505 e. The molecule has 0 saturated carbocycles. The first-order chi connectivity index (χ1) is 8.71. The van der Waals surface area contributed by atoms with Gasteiger partial charge in [0.25, 0.3) is 0 Å². The average Bonchev–Trinajstić information content (AvgIpc) is 2.56. The van der Waals surface area contributed by atoms with Crippen molar-refractivity contribution in [3.05, 3.63) is 29.6 Å². The highest BCUT2D eigenvalue weighted by atomic mass is 19.1. The maximum absolute atomic E-state index is 13.5. The van der Waals surface area contributed by atoms with E-state index in [1.54, 1.807) is 25.8 Å². The zero-order valence-corrected chi connectivity index (χ0v) is 11.1. The highest BCUT2D eigenvalue weighted by molar-refractivity contribution is 5.87. The molecule has 19 heavy (non-hydrogen) atoms. The second kappa shape index (κ2) is 4.18. The van der Waals surface area contributed by atoms with Gasteiger partial charge in [0.1, 0.15) is 5.72 Å². The van der Waals surface area contributed by atoms with Crippen LogP contribution >= 0.6 is 0 Å². The summed E-state index contributed by atoms with van der Waals surface area (Å²) in [4.78, 5) is 13.6. The van der Waals surface area contributed by atoms with E-state index in [4.69, 9.17) is 10.5 Å². The summed E-state index contributed by atoms with van der Waals surface area (Å²) in [5.41, 5.74) is 3.95. The number of hydrogen-bond donors (Lipinski definition) is 2. The summed E-state index contributed by atoms with van der Waals surface area (Å²) in [7, 11) is 1.70. The molecule has 1 fully saturated rings. The van der Waals surface area contributed by atoms with E-state index in [0.717, 1.165) is 6.07 Å². The van der Waals surface area contributed by atoms with Crippen LogP contribution in [0, 0.1) is 5.82 Å². The number of phenolic OH excluding ortho intramolecular Hbond substituents is 1. The molecule has 1 saturated heterocycles. The van der Waals surface area contributed by atoms with Crippen LogP contribution in [0.4, 0.5) is 4.39 Å². The summed E-state index contributed by atoms with van der Waals surface area (Å²) in [5, 5.41) is 9.24. The molecule has 1 unspecified atom stereocenters. The van der Waals surface area contributed by atoms with Gasteiger partial charge in [0.2, 0.25) is 5.91 Å². The Balaban J connectivity index is 2.58. The van der Waals surface area contributed by atoms with Gasteiger partial charge in [-0.2, -0.15) is 0 Å². The number of likely N-dealkylation sites (N-methyl/N-ethyl adjacent to an activating group) is 1. The lowest BCUT2D eigenvalue weighted by molar-refractivity contribution is -0.130. The summed E-state index contributed by atoms with van der Waals surface area (Å²) < 4.78 is 19.1. The van der Waals surface area contributed by atoms with Crippen LogP contribution in [-0.2, 0) is 15.1 Å². The number of amides is 1. The molecular formula is C13H17FN2O3. The predicted molar refractivity (Wildman–Crippen MR) is 66.7 cm³/mol. The number of halogens is 1. The summed E-state index contributed by atoms with van der Waals surface area (Å²) in [6, 6.07) is 3.79. The highest BCUT2D eigenvalue weighted by Gasteiger charge is 2.54. The molecule has 0 aromatic heterocycles. The van der Waals surface area contributed by atoms with Crippen molar-refractivity contribution in [1.82, 2.24) is 4.90 Å². The average molecular weight is 268 g/mol. The lowest BCUT2D eigenvalue weighted by Crippen LogP contribution is -2.55. The first kappa shape index (κ1) is 13.8. The van der Waals surface area contributed by atoms with Gasteiger partial charge in [0, 0.05) is 0 Å². The van der Waals surface area contributed by atoms with Gasteiger partial charge in [0.05, 0.1) is 6.61 Å². The van der Waals surface area contributed by atoms with E-state index in [1.165, 1.54) is 12.1 Å². The molecule has 1 atom stereocenters. The highest BCUT2D eigenvalue weighted by Crippen LogP contribution is 2.41. The third kappa shape index (κ3) is 1.87. The van der Waals surface area contributed by atoms with Crippen molar-refractivity contribution >= 4 is 5.91 Å². The van der Waals surface area contributed by atoms with Crippen LogP contribution in [-0.4, -0.2) is 35.3 Å². The molecule has 0 bridgehead atoms. The number of aromatic hydroxyl groups is 1.